The highest BCUT2D eigenvalue weighted by Crippen LogP contribution is 2.34. The normalized spacial score (nSPS) is 11.9. The SMILES string of the molecule is COc1cc(/C=N/NC(=O)C(C)Sc2nnc(CNc3ccc(Cl)cc3)n2-c2ccccc2)cc(Cl)c1O. The van der Waals surface area contributed by atoms with Crippen molar-refractivity contribution in [3.63, 3.8) is 0 Å². The van der Waals surface area contributed by atoms with Gasteiger partial charge in [0.2, 0.25) is 0 Å². The van der Waals surface area contributed by atoms with Crippen LogP contribution < -0.4 is 15.5 Å². The Kier molecular flexibility index (Phi) is 9.11. The number of nitrogens with zero attached hydrogens (tertiary/aromatic N) is 4. The first-order valence-electron chi connectivity index (χ1n) is 11.4. The van der Waals surface area contributed by atoms with Gasteiger partial charge in [0.15, 0.2) is 22.5 Å². The van der Waals surface area contributed by atoms with Gasteiger partial charge in [0.1, 0.15) is 0 Å². The van der Waals surface area contributed by atoms with E-state index in [1.165, 1.54) is 31.2 Å². The third-order valence-corrected chi connectivity index (χ3v) is 6.90. The van der Waals surface area contributed by atoms with E-state index in [2.05, 4.69) is 26.0 Å². The van der Waals surface area contributed by atoms with Crippen LogP contribution in [0.4, 0.5) is 5.69 Å². The summed E-state index contributed by atoms with van der Waals surface area (Å²) in [4.78, 5) is 12.8. The van der Waals surface area contributed by atoms with Crippen molar-refractivity contribution in [2.45, 2.75) is 23.9 Å². The number of benzene rings is 3. The van der Waals surface area contributed by atoms with Gasteiger partial charge in [-0.25, -0.2) is 5.43 Å². The van der Waals surface area contributed by atoms with Crippen LogP contribution in [0.2, 0.25) is 10.0 Å². The zero-order valence-corrected chi connectivity index (χ0v) is 22.8. The van der Waals surface area contributed by atoms with Crippen LogP contribution in [0, 0.1) is 0 Å². The van der Waals surface area contributed by atoms with Crippen molar-refractivity contribution in [1.29, 1.82) is 0 Å². The van der Waals surface area contributed by atoms with E-state index in [1.54, 1.807) is 13.0 Å². The quantitative estimate of drug-likeness (QED) is 0.130. The molecule has 3 N–H and O–H groups in total. The number of para-hydroxylation sites is 1. The van der Waals surface area contributed by atoms with Gasteiger partial charge in [-0.3, -0.25) is 9.36 Å². The van der Waals surface area contributed by atoms with Crippen molar-refractivity contribution in [2.24, 2.45) is 5.10 Å². The van der Waals surface area contributed by atoms with Crippen LogP contribution in [-0.2, 0) is 11.3 Å². The highest BCUT2D eigenvalue weighted by Gasteiger charge is 2.21. The number of ether oxygens (including phenoxy) is 1. The minimum absolute atomic E-state index is 0.114. The molecule has 1 aromatic heterocycles. The second-order valence-corrected chi connectivity index (χ2v) is 10.1. The lowest BCUT2D eigenvalue weighted by Crippen LogP contribution is -2.27. The average molecular weight is 571 g/mol. The molecule has 1 heterocycles. The van der Waals surface area contributed by atoms with E-state index in [1.807, 2.05) is 59.2 Å². The van der Waals surface area contributed by atoms with Crippen molar-refractivity contribution < 1.29 is 14.6 Å². The fourth-order valence-corrected chi connectivity index (χ4v) is 4.60. The van der Waals surface area contributed by atoms with Crippen LogP contribution in [0.5, 0.6) is 11.5 Å². The van der Waals surface area contributed by atoms with Crippen LogP contribution in [0.3, 0.4) is 0 Å². The van der Waals surface area contributed by atoms with Gasteiger partial charge in [-0.2, -0.15) is 5.10 Å². The van der Waals surface area contributed by atoms with E-state index < -0.39 is 5.25 Å². The Hall–Kier alpha value is -3.73. The van der Waals surface area contributed by atoms with Gasteiger partial charge in [0.05, 0.1) is 30.1 Å². The monoisotopic (exact) mass is 570 g/mol. The fraction of sp³-hybridized carbons (Fsp3) is 0.154. The molecule has 3 aromatic carbocycles. The highest BCUT2D eigenvalue weighted by molar-refractivity contribution is 8.00. The Bertz CT molecular complexity index is 1430. The second kappa shape index (κ2) is 12.7. The molecule has 38 heavy (non-hydrogen) atoms. The molecule has 0 saturated carbocycles. The lowest BCUT2D eigenvalue weighted by molar-refractivity contribution is -0.120. The van der Waals surface area contributed by atoms with Gasteiger partial charge in [0, 0.05) is 16.4 Å². The van der Waals surface area contributed by atoms with E-state index in [0.717, 1.165) is 11.4 Å². The topological polar surface area (TPSA) is 114 Å². The van der Waals surface area contributed by atoms with E-state index in [-0.39, 0.29) is 22.4 Å². The maximum Gasteiger partial charge on any atom is 0.253 e. The molecular formula is C26H24Cl2N6O3S. The van der Waals surface area contributed by atoms with E-state index in [4.69, 9.17) is 27.9 Å². The number of phenols is 1. The standard InChI is InChI=1S/C26H24Cl2N6O3S/c1-16(25(36)32-30-14-17-12-21(28)24(35)22(13-17)37-2)38-26-33-31-23(34(26)20-6-4-3-5-7-20)15-29-19-10-8-18(27)9-11-19/h3-14,16,29,35H,15H2,1-2H3,(H,32,36)/b30-14+. The van der Waals surface area contributed by atoms with Crippen LogP contribution >= 0.6 is 35.0 Å². The smallest absolute Gasteiger partial charge is 0.253 e. The molecule has 12 heteroatoms. The largest absolute Gasteiger partial charge is 0.503 e. The maximum atomic E-state index is 12.8. The van der Waals surface area contributed by atoms with Gasteiger partial charge >= 0.3 is 0 Å². The van der Waals surface area contributed by atoms with Crippen LogP contribution in [0.1, 0.15) is 18.3 Å². The van der Waals surface area contributed by atoms with Gasteiger partial charge in [-0.05, 0) is 61.0 Å². The molecule has 0 aliphatic heterocycles. The van der Waals surface area contributed by atoms with Crippen molar-refractivity contribution in [3.05, 3.63) is 88.2 Å². The molecule has 0 saturated heterocycles. The molecule has 0 bridgehead atoms. The molecule has 9 nitrogen and oxygen atoms in total. The third-order valence-electron chi connectivity index (χ3n) is 5.32. The second-order valence-electron chi connectivity index (χ2n) is 7.98. The van der Waals surface area contributed by atoms with Crippen molar-refractivity contribution in [1.82, 2.24) is 20.2 Å². The summed E-state index contributed by atoms with van der Waals surface area (Å²) < 4.78 is 6.99. The van der Waals surface area contributed by atoms with Crippen molar-refractivity contribution in [2.75, 3.05) is 12.4 Å². The molecule has 196 valence electrons. The summed E-state index contributed by atoms with van der Waals surface area (Å²) in [6.45, 7) is 2.17. The number of anilines is 1. The number of carbonyl (C=O) groups is 1. The number of hydrogen-bond donors (Lipinski definition) is 3. The number of halogens is 2. The summed E-state index contributed by atoms with van der Waals surface area (Å²) in [7, 11) is 1.42. The lowest BCUT2D eigenvalue weighted by Gasteiger charge is -2.13. The Morgan fingerprint density at radius 3 is 2.61 bits per heavy atom. The predicted molar refractivity (Wildman–Crippen MR) is 151 cm³/mol. The van der Waals surface area contributed by atoms with Crippen LogP contribution in [0.15, 0.2) is 77.0 Å². The number of rotatable bonds is 10. The fourth-order valence-electron chi connectivity index (χ4n) is 3.37. The van der Waals surface area contributed by atoms with Crippen LogP contribution in [-0.4, -0.2) is 44.4 Å². The summed E-state index contributed by atoms with van der Waals surface area (Å²) in [5.41, 5.74) is 4.84. The summed E-state index contributed by atoms with van der Waals surface area (Å²) in [6, 6.07) is 20.1. The number of nitrogens with one attached hydrogen (secondary N) is 2. The van der Waals surface area contributed by atoms with E-state index in [0.29, 0.717) is 28.1 Å². The van der Waals surface area contributed by atoms with Gasteiger partial charge in [0.25, 0.3) is 5.91 Å². The zero-order chi connectivity index (χ0) is 27.1. The highest BCUT2D eigenvalue weighted by atomic mass is 35.5. The minimum atomic E-state index is -0.533. The molecule has 0 fully saturated rings. The Morgan fingerprint density at radius 1 is 1.16 bits per heavy atom. The van der Waals surface area contributed by atoms with Gasteiger partial charge < -0.3 is 15.2 Å². The first-order chi connectivity index (χ1) is 18.4. The number of phenolic OH excluding ortho intramolecular Hbond substituents is 1. The predicted octanol–water partition coefficient (Wildman–Crippen LogP) is 5.53. The Morgan fingerprint density at radius 2 is 1.89 bits per heavy atom. The van der Waals surface area contributed by atoms with Gasteiger partial charge in [-0.1, -0.05) is 53.2 Å². The Balaban J connectivity index is 1.46. The van der Waals surface area contributed by atoms with E-state index >= 15 is 0 Å². The number of hydrazone groups is 1. The molecule has 1 unspecified atom stereocenters. The summed E-state index contributed by atoms with van der Waals surface area (Å²) in [6.07, 6.45) is 1.41. The number of amides is 1. The molecule has 0 spiro atoms. The number of aromatic nitrogens is 3. The third kappa shape index (κ3) is 6.77. The number of hydrogen-bond acceptors (Lipinski definition) is 8. The first kappa shape index (κ1) is 27.3. The number of thioether (sulfide) groups is 1. The minimum Gasteiger partial charge on any atom is -0.503 e. The number of carbonyl (C=O) groups excluding carboxylic acids is 1. The van der Waals surface area contributed by atoms with Crippen LogP contribution in [0.25, 0.3) is 5.69 Å². The average Bonchev–Trinajstić information content (AvgIpc) is 3.32. The first-order valence-corrected chi connectivity index (χ1v) is 13.0. The summed E-state index contributed by atoms with van der Waals surface area (Å²) in [5, 5.41) is 26.7. The van der Waals surface area contributed by atoms with E-state index in [9.17, 15) is 9.90 Å². The summed E-state index contributed by atoms with van der Waals surface area (Å²) >= 11 is 13.2. The lowest BCUT2D eigenvalue weighted by atomic mass is 10.2. The molecule has 4 aromatic rings. The maximum absolute atomic E-state index is 12.8. The van der Waals surface area contributed by atoms with Crippen molar-refractivity contribution in [3.8, 4) is 17.2 Å². The Labute approximate surface area is 233 Å². The van der Waals surface area contributed by atoms with Crippen molar-refractivity contribution >= 4 is 52.8 Å². The molecule has 0 radical (unpaired) electrons. The molecule has 4 rings (SSSR count). The molecule has 0 aliphatic carbocycles. The van der Waals surface area contributed by atoms with Gasteiger partial charge in [-0.15, -0.1) is 10.2 Å². The molecule has 1 amide bonds. The molecular weight excluding hydrogens is 547 g/mol. The number of methoxy groups -OCH3 is 1. The number of aromatic hydroxyl groups is 1. The zero-order valence-electron chi connectivity index (χ0n) is 20.4. The molecule has 0 aliphatic rings. The molecule has 1 atom stereocenters. The summed E-state index contributed by atoms with van der Waals surface area (Å²) in [5.74, 6) is 0.394.